The largest absolute Gasteiger partial charge is 0.298 e. The van der Waals surface area contributed by atoms with Crippen molar-refractivity contribution in [3.05, 3.63) is 69.8 Å². The number of Topliss-reactive ketones (excluding diaryl/α,β-unsaturated/α-hetero) is 1. The van der Waals surface area contributed by atoms with Gasteiger partial charge in [0.1, 0.15) is 6.29 Å². The van der Waals surface area contributed by atoms with Crippen LogP contribution in [0, 0.1) is 13.8 Å². The van der Waals surface area contributed by atoms with Gasteiger partial charge in [0.2, 0.25) is 0 Å². The summed E-state index contributed by atoms with van der Waals surface area (Å²) in [5.74, 6) is 0.0850. The zero-order valence-corrected chi connectivity index (χ0v) is 12.1. The number of hydrogen-bond acceptors (Lipinski definition) is 2. The molecule has 0 atom stereocenters. The monoisotopic (exact) mass is 266 g/mol. The van der Waals surface area contributed by atoms with Crippen LogP contribution in [0.25, 0.3) is 0 Å². The maximum Gasteiger partial charge on any atom is 0.160 e. The predicted molar refractivity (Wildman–Crippen MR) is 80.6 cm³/mol. The van der Waals surface area contributed by atoms with Crippen molar-refractivity contribution in [2.24, 2.45) is 0 Å². The smallest absolute Gasteiger partial charge is 0.160 e. The van der Waals surface area contributed by atoms with E-state index in [1.165, 1.54) is 0 Å². The van der Waals surface area contributed by atoms with Crippen molar-refractivity contribution >= 4 is 12.1 Å². The average molecular weight is 266 g/mol. The molecule has 0 aliphatic rings. The van der Waals surface area contributed by atoms with Gasteiger partial charge in [0.15, 0.2) is 5.78 Å². The fraction of sp³-hybridized carbons (Fsp3) is 0.222. The van der Waals surface area contributed by atoms with Gasteiger partial charge < -0.3 is 0 Å². The molecule has 0 amide bonds. The molecule has 0 aliphatic carbocycles. The van der Waals surface area contributed by atoms with Crippen molar-refractivity contribution in [2.75, 3.05) is 0 Å². The highest BCUT2D eigenvalue weighted by Gasteiger charge is 2.06. The molecule has 0 aliphatic heterocycles. The first-order chi connectivity index (χ1) is 9.51. The van der Waals surface area contributed by atoms with Gasteiger partial charge in [0.25, 0.3) is 0 Å². The molecule has 2 rings (SSSR count). The lowest BCUT2D eigenvalue weighted by atomic mass is 9.96. The molecule has 2 heteroatoms. The molecule has 2 aromatic rings. The number of aryl methyl sites for hydroxylation is 2. The van der Waals surface area contributed by atoms with Crippen molar-refractivity contribution in [1.82, 2.24) is 0 Å². The number of carbonyl (C=O) groups excluding carboxylic acids is 2. The molecule has 2 nitrogen and oxygen atoms in total. The Morgan fingerprint density at radius 2 is 1.60 bits per heavy atom. The lowest BCUT2D eigenvalue weighted by Gasteiger charge is -2.08. The molecule has 0 fully saturated rings. The molecule has 0 aromatic heterocycles. The molecule has 20 heavy (non-hydrogen) atoms. The minimum atomic E-state index is 0.0850. The summed E-state index contributed by atoms with van der Waals surface area (Å²) in [6, 6.07) is 11.8. The van der Waals surface area contributed by atoms with Crippen LogP contribution >= 0.6 is 0 Å². The summed E-state index contributed by atoms with van der Waals surface area (Å²) in [5.41, 5.74) is 5.64. The molecule has 0 heterocycles. The fourth-order valence-corrected chi connectivity index (χ4v) is 2.32. The molecule has 0 bridgehead atoms. The standard InChI is InChI=1S/C18H18O2/c1-12-4-6-15(9-17(12)11-19)8-16-7-5-13(2)18(10-16)14(3)20/h4-7,9-11H,8H2,1-3H3. The molecule has 0 unspecified atom stereocenters. The van der Waals surface area contributed by atoms with Crippen LogP contribution in [0.2, 0.25) is 0 Å². The molecule has 0 saturated heterocycles. The summed E-state index contributed by atoms with van der Waals surface area (Å²) in [7, 11) is 0. The molecule has 0 spiro atoms. The van der Waals surface area contributed by atoms with E-state index in [1.54, 1.807) is 6.92 Å². The zero-order chi connectivity index (χ0) is 14.7. The van der Waals surface area contributed by atoms with E-state index in [-0.39, 0.29) is 5.78 Å². The Morgan fingerprint density at radius 3 is 2.20 bits per heavy atom. The lowest BCUT2D eigenvalue weighted by molar-refractivity contribution is 0.101. The Balaban J connectivity index is 2.32. The molecular formula is C18H18O2. The molecule has 102 valence electrons. The average Bonchev–Trinajstić information content (AvgIpc) is 2.42. The summed E-state index contributed by atoms with van der Waals surface area (Å²) in [6.45, 7) is 5.45. The van der Waals surface area contributed by atoms with Crippen LogP contribution in [0.3, 0.4) is 0 Å². The number of benzene rings is 2. The maximum atomic E-state index is 11.6. The topological polar surface area (TPSA) is 34.1 Å². The second-order valence-corrected chi connectivity index (χ2v) is 5.19. The number of carbonyl (C=O) groups is 2. The Hall–Kier alpha value is -2.22. The number of aldehydes is 1. The number of rotatable bonds is 4. The van der Waals surface area contributed by atoms with Crippen molar-refractivity contribution in [3.8, 4) is 0 Å². The Labute approximate surface area is 119 Å². The predicted octanol–water partition coefficient (Wildman–Crippen LogP) is 3.91. The Kier molecular flexibility index (Phi) is 4.14. The Bertz CT molecular complexity index is 669. The quantitative estimate of drug-likeness (QED) is 0.621. The summed E-state index contributed by atoms with van der Waals surface area (Å²) >= 11 is 0. The van der Waals surface area contributed by atoms with Gasteiger partial charge in [-0.2, -0.15) is 0 Å². The number of hydrogen-bond donors (Lipinski definition) is 0. The van der Waals surface area contributed by atoms with Gasteiger partial charge in [-0.1, -0.05) is 24.3 Å². The van der Waals surface area contributed by atoms with Gasteiger partial charge in [-0.15, -0.1) is 0 Å². The van der Waals surface area contributed by atoms with Gasteiger partial charge in [-0.3, -0.25) is 9.59 Å². The van der Waals surface area contributed by atoms with Crippen molar-refractivity contribution in [2.45, 2.75) is 27.2 Å². The van der Waals surface area contributed by atoms with Crippen LogP contribution in [0.15, 0.2) is 36.4 Å². The first kappa shape index (κ1) is 14.2. The van der Waals surface area contributed by atoms with Gasteiger partial charge in [0, 0.05) is 11.1 Å². The molecule has 2 aromatic carbocycles. The second kappa shape index (κ2) is 5.83. The van der Waals surface area contributed by atoms with Crippen molar-refractivity contribution in [3.63, 3.8) is 0 Å². The van der Waals surface area contributed by atoms with Crippen molar-refractivity contribution in [1.29, 1.82) is 0 Å². The molecular weight excluding hydrogens is 248 g/mol. The van der Waals surface area contributed by atoms with E-state index in [1.807, 2.05) is 50.2 Å². The van der Waals surface area contributed by atoms with Crippen LogP contribution < -0.4 is 0 Å². The molecule has 0 saturated carbocycles. The van der Waals surface area contributed by atoms with Crippen molar-refractivity contribution < 1.29 is 9.59 Å². The maximum absolute atomic E-state index is 11.6. The Morgan fingerprint density at radius 1 is 1.00 bits per heavy atom. The third-order valence-corrected chi connectivity index (χ3v) is 3.56. The summed E-state index contributed by atoms with van der Waals surface area (Å²) < 4.78 is 0. The normalized spacial score (nSPS) is 10.3. The fourth-order valence-electron chi connectivity index (χ4n) is 2.32. The zero-order valence-electron chi connectivity index (χ0n) is 12.1. The van der Waals surface area contributed by atoms with E-state index in [2.05, 4.69) is 0 Å². The van der Waals surface area contributed by atoms with E-state index < -0.39 is 0 Å². The molecule has 0 N–H and O–H groups in total. The summed E-state index contributed by atoms with van der Waals surface area (Å²) in [4.78, 5) is 22.5. The van der Waals surface area contributed by atoms with Gasteiger partial charge in [-0.25, -0.2) is 0 Å². The van der Waals surface area contributed by atoms with E-state index in [0.29, 0.717) is 0 Å². The van der Waals surface area contributed by atoms with Gasteiger partial charge in [0.05, 0.1) is 0 Å². The minimum Gasteiger partial charge on any atom is -0.298 e. The van der Waals surface area contributed by atoms with E-state index in [4.69, 9.17) is 0 Å². The van der Waals surface area contributed by atoms with Gasteiger partial charge >= 0.3 is 0 Å². The highest BCUT2D eigenvalue weighted by Crippen LogP contribution is 2.17. The minimum absolute atomic E-state index is 0.0850. The van der Waals surface area contributed by atoms with Crippen LogP contribution in [0.4, 0.5) is 0 Å². The van der Waals surface area contributed by atoms with E-state index in [0.717, 1.165) is 46.1 Å². The van der Waals surface area contributed by atoms with E-state index in [9.17, 15) is 9.59 Å². The molecule has 0 radical (unpaired) electrons. The highest BCUT2D eigenvalue weighted by molar-refractivity contribution is 5.95. The van der Waals surface area contributed by atoms with E-state index >= 15 is 0 Å². The SMILES string of the molecule is CC(=O)c1cc(Cc2ccc(C)c(C=O)c2)ccc1C. The van der Waals surface area contributed by atoms with Gasteiger partial charge in [-0.05, 0) is 61.6 Å². The highest BCUT2D eigenvalue weighted by atomic mass is 16.1. The number of ketones is 1. The first-order valence-corrected chi connectivity index (χ1v) is 6.66. The van der Waals surface area contributed by atoms with Crippen LogP contribution in [-0.4, -0.2) is 12.1 Å². The second-order valence-electron chi connectivity index (χ2n) is 5.19. The summed E-state index contributed by atoms with van der Waals surface area (Å²) in [5, 5.41) is 0. The lowest BCUT2D eigenvalue weighted by Crippen LogP contribution is -1.99. The first-order valence-electron chi connectivity index (χ1n) is 6.66. The van der Waals surface area contributed by atoms with Crippen LogP contribution in [-0.2, 0) is 6.42 Å². The third-order valence-electron chi connectivity index (χ3n) is 3.56. The van der Waals surface area contributed by atoms with Crippen LogP contribution in [0.1, 0.15) is 49.9 Å². The third kappa shape index (κ3) is 3.02. The van der Waals surface area contributed by atoms with Crippen LogP contribution in [0.5, 0.6) is 0 Å². The summed E-state index contributed by atoms with van der Waals surface area (Å²) in [6.07, 6.45) is 1.61.